The second kappa shape index (κ2) is 6.64. The van der Waals surface area contributed by atoms with Gasteiger partial charge in [-0.25, -0.2) is 8.42 Å². The molecule has 4 aromatic rings. The Kier molecular flexibility index (Phi) is 4.07. The van der Waals surface area contributed by atoms with Crippen LogP contribution in [0.4, 0.5) is 0 Å². The van der Waals surface area contributed by atoms with Gasteiger partial charge in [0.1, 0.15) is 22.9 Å². The maximum Gasteiger partial charge on any atom is 0.175 e. The minimum Gasteiger partial charge on any atom is -0.456 e. The summed E-state index contributed by atoms with van der Waals surface area (Å²) in [6.45, 7) is 0. The van der Waals surface area contributed by atoms with E-state index in [1.807, 2.05) is 54.6 Å². The fourth-order valence-corrected chi connectivity index (χ4v) is 4.24. The largest absolute Gasteiger partial charge is 0.456 e. The van der Waals surface area contributed by atoms with E-state index in [2.05, 4.69) is 0 Å². The zero-order valence-corrected chi connectivity index (χ0v) is 16.6. The van der Waals surface area contributed by atoms with Gasteiger partial charge < -0.3 is 9.15 Å². The second-order valence-corrected chi connectivity index (χ2v) is 9.15. The summed E-state index contributed by atoms with van der Waals surface area (Å²) in [5.41, 5.74) is 3.65. The molecule has 1 aliphatic rings. The third kappa shape index (κ3) is 3.23. The SMILES string of the molecule is CS(=O)(=O)c1ccc(C2=C(c3cc4ccccc4o3)Cc3ccccc3O2)cc1. The van der Waals surface area contributed by atoms with Crippen LogP contribution in [0.15, 0.2) is 88.2 Å². The molecule has 0 unspecified atom stereocenters. The van der Waals surface area contributed by atoms with Crippen molar-refractivity contribution in [3.05, 3.63) is 95.7 Å². The van der Waals surface area contributed by atoms with E-state index in [-0.39, 0.29) is 4.90 Å². The Morgan fingerprint density at radius 2 is 1.59 bits per heavy atom. The molecule has 1 aliphatic heterocycles. The Balaban J connectivity index is 1.68. The van der Waals surface area contributed by atoms with Gasteiger partial charge >= 0.3 is 0 Å². The summed E-state index contributed by atoms with van der Waals surface area (Å²) in [5, 5.41) is 1.03. The quantitative estimate of drug-likeness (QED) is 0.464. The number of allylic oxidation sites excluding steroid dienone is 1. The Bertz CT molecular complexity index is 1330. The number of hydrogen-bond acceptors (Lipinski definition) is 4. The fourth-order valence-electron chi connectivity index (χ4n) is 3.61. The van der Waals surface area contributed by atoms with E-state index in [1.165, 1.54) is 6.26 Å². The van der Waals surface area contributed by atoms with Gasteiger partial charge in [-0.15, -0.1) is 0 Å². The number of furan rings is 1. The molecule has 0 spiro atoms. The average molecular weight is 402 g/mol. The zero-order chi connectivity index (χ0) is 20.0. The lowest BCUT2D eigenvalue weighted by molar-refractivity contribution is 0.497. The van der Waals surface area contributed by atoms with Gasteiger partial charge in [-0.1, -0.05) is 36.4 Å². The molecule has 0 amide bonds. The first-order valence-electron chi connectivity index (χ1n) is 9.27. The van der Waals surface area contributed by atoms with Crippen LogP contribution >= 0.6 is 0 Å². The predicted octanol–water partition coefficient (Wildman–Crippen LogP) is 5.34. The summed E-state index contributed by atoms with van der Waals surface area (Å²) in [6, 6.07) is 24.6. The smallest absolute Gasteiger partial charge is 0.175 e. The van der Waals surface area contributed by atoms with E-state index in [9.17, 15) is 8.42 Å². The number of para-hydroxylation sites is 2. The second-order valence-electron chi connectivity index (χ2n) is 7.14. The van der Waals surface area contributed by atoms with Gasteiger partial charge in [-0.3, -0.25) is 0 Å². The maximum absolute atomic E-state index is 11.8. The molecule has 0 fully saturated rings. The molecule has 0 N–H and O–H groups in total. The van der Waals surface area contributed by atoms with Crippen LogP contribution < -0.4 is 4.74 Å². The molecule has 0 saturated carbocycles. The van der Waals surface area contributed by atoms with Gasteiger partial charge in [-0.2, -0.15) is 0 Å². The van der Waals surface area contributed by atoms with Crippen molar-refractivity contribution >= 4 is 32.1 Å². The first-order chi connectivity index (χ1) is 14.0. The van der Waals surface area contributed by atoms with Crippen LogP contribution in [0.2, 0.25) is 0 Å². The number of hydrogen-bond donors (Lipinski definition) is 0. The monoisotopic (exact) mass is 402 g/mol. The molecule has 0 saturated heterocycles. The molecule has 3 aromatic carbocycles. The number of fused-ring (bicyclic) bond motifs is 2. The van der Waals surface area contributed by atoms with Gasteiger partial charge in [0, 0.05) is 29.2 Å². The predicted molar refractivity (Wildman–Crippen MR) is 113 cm³/mol. The highest BCUT2D eigenvalue weighted by Gasteiger charge is 2.24. The Hall–Kier alpha value is -3.31. The molecule has 5 heteroatoms. The molecule has 0 aliphatic carbocycles. The minimum absolute atomic E-state index is 0.281. The van der Waals surface area contributed by atoms with Gasteiger partial charge in [0.05, 0.1) is 4.90 Å². The summed E-state index contributed by atoms with van der Waals surface area (Å²) < 4.78 is 36.0. The number of sulfone groups is 1. The lowest BCUT2D eigenvalue weighted by Crippen LogP contribution is -2.09. The Morgan fingerprint density at radius 1 is 0.862 bits per heavy atom. The summed E-state index contributed by atoms with van der Waals surface area (Å²) in [7, 11) is -3.26. The van der Waals surface area contributed by atoms with Crippen LogP contribution in [-0.2, 0) is 16.3 Å². The van der Waals surface area contributed by atoms with Gasteiger partial charge in [0.2, 0.25) is 0 Å². The van der Waals surface area contributed by atoms with Crippen LogP contribution in [-0.4, -0.2) is 14.7 Å². The van der Waals surface area contributed by atoms with E-state index >= 15 is 0 Å². The van der Waals surface area contributed by atoms with Gasteiger partial charge in [0.15, 0.2) is 9.84 Å². The van der Waals surface area contributed by atoms with E-state index in [0.717, 1.165) is 39.2 Å². The number of ether oxygens (including phenoxy) is 1. The van der Waals surface area contributed by atoms with Crippen molar-refractivity contribution in [1.29, 1.82) is 0 Å². The molecule has 4 nitrogen and oxygen atoms in total. The summed E-state index contributed by atoms with van der Waals surface area (Å²) >= 11 is 0. The highest BCUT2D eigenvalue weighted by Crippen LogP contribution is 2.40. The summed E-state index contributed by atoms with van der Waals surface area (Å²) in [4.78, 5) is 0.281. The van der Waals surface area contributed by atoms with Crippen LogP contribution in [0.3, 0.4) is 0 Å². The first kappa shape index (κ1) is 17.8. The molecule has 5 rings (SSSR count). The molecular formula is C24H18O4S. The maximum atomic E-state index is 11.8. The highest BCUT2D eigenvalue weighted by molar-refractivity contribution is 7.90. The standard InChI is InChI=1S/C24H18O4S/c1-29(25,26)19-12-10-16(11-13-19)24-20(14-17-6-2-5-9-22(17)28-24)23-15-18-7-3-4-8-21(18)27-23/h2-13,15H,14H2,1H3. The van der Waals surface area contributed by atoms with Crippen molar-refractivity contribution in [3.63, 3.8) is 0 Å². The topological polar surface area (TPSA) is 56.5 Å². The Labute approximate surface area is 169 Å². The molecule has 2 heterocycles. The van der Waals surface area contributed by atoms with Gasteiger partial charge in [-0.05, 0) is 48.0 Å². The molecule has 29 heavy (non-hydrogen) atoms. The summed E-state index contributed by atoms with van der Waals surface area (Å²) in [5.74, 6) is 2.24. The van der Waals surface area contributed by atoms with Crippen molar-refractivity contribution < 1.29 is 17.6 Å². The van der Waals surface area contributed by atoms with Crippen LogP contribution in [0, 0.1) is 0 Å². The molecule has 1 aromatic heterocycles. The zero-order valence-electron chi connectivity index (χ0n) is 15.8. The van der Waals surface area contributed by atoms with Crippen LogP contribution in [0.25, 0.3) is 22.3 Å². The fraction of sp³-hybridized carbons (Fsp3) is 0.0833. The van der Waals surface area contributed by atoms with Crippen molar-refractivity contribution in [2.75, 3.05) is 6.26 Å². The van der Waals surface area contributed by atoms with E-state index in [1.54, 1.807) is 24.3 Å². The van der Waals surface area contributed by atoms with E-state index < -0.39 is 9.84 Å². The van der Waals surface area contributed by atoms with E-state index in [4.69, 9.17) is 9.15 Å². The summed E-state index contributed by atoms with van der Waals surface area (Å²) in [6.07, 6.45) is 1.87. The van der Waals surface area contributed by atoms with Crippen LogP contribution in [0.5, 0.6) is 5.75 Å². The molecule has 0 atom stereocenters. The minimum atomic E-state index is -3.26. The molecule has 0 radical (unpaired) electrons. The third-order valence-electron chi connectivity index (χ3n) is 5.09. The normalized spacial score (nSPS) is 14.0. The van der Waals surface area contributed by atoms with Gasteiger partial charge in [0.25, 0.3) is 0 Å². The first-order valence-corrected chi connectivity index (χ1v) is 11.2. The van der Waals surface area contributed by atoms with Crippen LogP contribution in [0.1, 0.15) is 16.9 Å². The molecule has 0 bridgehead atoms. The lowest BCUT2D eigenvalue weighted by atomic mass is 9.95. The molecule has 144 valence electrons. The van der Waals surface area contributed by atoms with Crippen molar-refractivity contribution in [1.82, 2.24) is 0 Å². The van der Waals surface area contributed by atoms with Crippen molar-refractivity contribution in [2.45, 2.75) is 11.3 Å². The van der Waals surface area contributed by atoms with Crippen molar-refractivity contribution in [2.24, 2.45) is 0 Å². The lowest BCUT2D eigenvalue weighted by Gasteiger charge is -2.23. The number of rotatable bonds is 3. The van der Waals surface area contributed by atoms with E-state index in [0.29, 0.717) is 12.2 Å². The average Bonchev–Trinajstić information content (AvgIpc) is 3.16. The molecular weight excluding hydrogens is 384 g/mol. The number of benzene rings is 3. The Morgan fingerprint density at radius 3 is 2.34 bits per heavy atom. The highest BCUT2D eigenvalue weighted by atomic mass is 32.2. The van der Waals surface area contributed by atoms with Crippen molar-refractivity contribution in [3.8, 4) is 5.75 Å². The third-order valence-corrected chi connectivity index (χ3v) is 6.22.